The minimum absolute atomic E-state index is 0.129. The van der Waals surface area contributed by atoms with Gasteiger partial charge in [-0.1, -0.05) is 46.5 Å². The van der Waals surface area contributed by atoms with Crippen LogP contribution >= 0.6 is 0 Å². The first-order chi connectivity index (χ1) is 15.3. The highest BCUT2D eigenvalue weighted by Gasteiger charge is 2.53. The zero-order valence-corrected chi connectivity index (χ0v) is 21.5. The molecular formula is C26H45N3O4. The highest BCUT2D eigenvalue weighted by Crippen LogP contribution is 2.43. The Morgan fingerprint density at radius 2 is 1.58 bits per heavy atom. The topological polar surface area (TPSA) is 102 Å². The van der Waals surface area contributed by atoms with Gasteiger partial charge >= 0.3 is 5.97 Å². The van der Waals surface area contributed by atoms with Crippen LogP contribution in [0.25, 0.3) is 0 Å². The lowest BCUT2D eigenvalue weighted by Crippen LogP contribution is -2.60. The molecule has 2 saturated carbocycles. The molecule has 1 saturated heterocycles. The molecule has 5 atom stereocenters. The molecule has 0 aromatic heterocycles. The van der Waals surface area contributed by atoms with E-state index < -0.39 is 29.1 Å². The summed E-state index contributed by atoms with van der Waals surface area (Å²) < 4.78 is 5.73. The first-order valence-corrected chi connectivity index (χ1v) is 12.9. The Bertz CT molecular complexity index is 733. The highest BCUT2D eigenvalue weighted by molar-refractivity contribution is 5.93. The SMILES string of the molecule is CC(C)(C)OC(=O)[C@H]1[C@H]2CCC[C@@H]2CN1C(=O)[C@@H](NC(=O)[C@H](N)C1CCCCC1)C(C)(C)C. The van der Waals surface area contributed by atoms with E-state index in [9.17, 15) is 14.4 Å². The Hall–Kier alpha value is -1.63. The second-order valence-electron chi connectivity index (χ2n) is 12.6. The van der Waals surface area contributed by atoms with Gasteiger partial charge in [-0.25, -0.2) is 4.79 Å². The molecule has 1 aliphatic heterocycles. The molecule has 7 heteroatoms. The molecule has 188 valence electrons. The number of esters is 1. The monoisotopic (exact) mass is 463 g/mol. The van der Waals surface area contributed by atoms with Gasteiger partial charge in [-0.15, -0.1) is 0 Å². The van der Waals surface area contributed by atoms with Crippen LogP contribution < -0.4 is 11.1 Å². The summed E-state index contributed by atoms with van der Waals surface area (Å²) in [6, 6.07) is -1.94. The zero-order valence-electron chi connectivity index (χ0n) is 21.5. The third kappa shape index (κ3) is 6.09. The van der Waals surface area contributed by atoms with E-state index in [0.29, 0.717) is 12.5 Å². The number of fused-ring (bicyclic) bond motifs is 1. The molecule has 0 radical (unpaired) electrons. The molecule has 0 aromatic rings. The van der Waals surface area contributed by atoms with E-state index in [1.807, 2.05) is 41.5 Å². The summed E-state index contributed by atoms with van der Waals surface area (Å²) in [7, 11) is 0. The number of nitrogens with zero attached hydrogens (tertiary/aromatic N) is 1. The van der Waals surface area contributed by atoms with Gasteiger partial charge in [-0.3, -0.25) is 9.59 Å². The Labute approximate surface area is 199 Å². The van der Waals surface area contributed by atoms with Crippen LogP contribution in [0.3, 0.4) is 0 Å². The van der Waals surface area contributed by atoms with Crippen molar-refractivity contribution in [2.45, 2.75) is 117 Å². The molecule has 0 aromatic carbocycles. The third-order valence-corrected chi connectivity index (χ3v) is 7.68. The summed E-state index contributed by atoms with van der Waals surface area (Å²) >= 11 is 0. The fourth-order valence-corrected chi connectivity index (χ4v) is 5.96. The van der Waals surface area contributed by atoms with Gasteiger partial charge in [0.25, 0.3) is 0 Å². The molecule has 33 heavy (non-hydrogen) atoms. The maximum atomic E-state index is 13.9. The van der Waals surface area contributed by atoms with Gasteiger partial charge in [0.2, 0.25) is 11.8 Å². The first-order valence-electron chi connectivity index (χ1n) is 12.9. The van der Waals surface area contributed by atoms with Crippen LogP contribution in [0.5, 0.6) is 0 Å². The molecule has 3 aliphatic rings. The van der Waals surface area contributed by atoms with Crippen molar-refractivity contribution in [2.75, 3.05) is 6.54 Å². The van der Waals surface area contributed by atoms with E-state index in [2.05, 4.69) is 5.32 Å². The Kier molecular flexibility index (Phi) is 7.82. The van der Waals surface area contributed by atoms with Crippen molar-refractivity contribution in [2.24, 2.45) is 28.9 Å². The maximum absolute atomic E-state index is 13.9. The number of hydrogen-bond donors (Lipinski definition) is 2. The predicted octanol–water partition coefficient (Wildman–Crippen LogP) is 3.39. The predicted molar refractivity (Wildman–Crippen MR) is 128 cm³/mol. The van der Waals surface area contributed by atoms with E-state index >= 15 is 0 Å². The van der Waals surface area contributed by atoms with Crippen LogP contribution in [-0.2, 0) is 19.1 Å². The van der Waals surface area contributed by atoms with Crippen molar-refractivity contribution >= 4 is 17.8 Å². The molecule has 3 rings (SSSR count). The lowest BCUT2D eigenvalue weighted by atomic mass is 9.82. The number of nitrogens with one attached hydrogen (secondary N) is 1. The van der Waals surface area contributed by atoms with E-state index in [1.54, 1.807) is 4.90 Å². The van der Waals surface area contributed by atoms with Crippen LogP contribution in [0.2, 0.25) is 0 Å². The van der Waals surface area contributed by atoms with Crippen molar-refractivity contribution in [1.29, 1.82) is 0 Å². The van der Waals surface area contributed by atoms with Gasteiger partial charge in [-0.2, -0.15) is 0 Å². The zero-order chi connectivity index (χ0) is 24.6. The van der Waals surface area contributed by atoms with Crippen LogP contribution in [0, 0.1) is 23.2 Å². The quantitative estimate of drug-likeness (QED) is 0.609. The lowest BCUT2D eigenvalue weighted by Gasteiger charge is -2.37. The van der Waals surface area contributed by atoms with E-state index in [1.165, 1.54) is 6.42 Å². The number of carbonyl (C=O) groups excluding carboxylic acids is 3. The van der Waals surface area contributed by atoms with Crippen LogP contribution in [0.1, 0.15) is 92.9 Å². The highest BCUT2D eigenvalue weighted by atomic mass is 16.6. The van der Waals surface area contributed by atoms with Gasteiger partial charge in [0.05, 0.1) is 6.04 Å². The molecule has 7 nitrogen and oxygen atoms in total. The van der Waals surface area contributed by atoms with Gasteiger partial charge in [0.15, 0.2) is 0 Å². The largest absolute Gasteiger partial charge is 0.458 e. The average molecular weight is 464 g/mol. The Morgan fingerprint density at radius 1 is 0.939 bits per heavy atom. The van der Waals surface area contributed by atoms with Crippen LogP contribution in [-0.4, -0.2) is 53.0 Å². The molecule has 3 N–H and O–H groups in total. The summed E-state index contributed by atoms with van der Waals surface area (Å²) in [6.07, 6.45) is 8.33. The number of carbonyl (C=O) groups is 3. The van der Waals surface area contributed by atoms with Crippen molar-refractivity contribution in [3.8, 4) is 0 Å². The van der Waals surface area contributed by atoms with Crippen molar-refractivity contribution < 1.29 is 19.1 Å². The molecule has 0 bridgehead atoms. The van der Waals surface area contributed by atoms with Crippen molar-refractivity contribution in [1.82, 2.24) is 10.2 Å². The number of hydrogen-bond acceptors (Lipinski definition) is 5. The molecule has 0 spiro atoms. The number of amides is 2. The minimum Gasteiger partial charge on any atom is -0.458 e. The number of rotatable bonds is 5. The maximum Gasteiger partial charge on any atom is 0.329 e. The van der Waals surface area contributed by atoms with Gasteiger partial charge < -0.3 is 20.7 Å². The fraction of sp³-hybridized carbons (Fsp3) is 0.885. The molecule has 2 amide bonds. The molecule has 2 aliphatic carbocycles. The molecule has 0 unspecified atom stereocenters. The lowest BCUT2D eigenvalue weighted by molar-refractivity contribution is -0.165. The average Bonchev–Trinajstić information content (AvgIpc) is 3.30. The van der Waals surface area contributed by atoms with Crippen molar-refractivity contribution in [3.63, 3.8) is 0 Å². The van der Waals surface area contributed by atoms with E-state index in [4.69, 9.17) is 10.5 Å². The first kappa shape index (κ1) is 26.0. The summed E-state index contributed by atoms with van der Waals surface area (Å²) in [5, 5.41) is 3.00. The molecular weight excluding hydrogens is 418 g/mol. The number of nitrogens with two attached hydrogens (primary N) is 1. The Morgan fingerprint density at radius 3 is 2.15 bits per heavy atom. The normalized spacial score (nSPS) is 28.2. The minimum atomic E-state index is -0.747. The fourth-order valence-electron chi connectivity index (χ4n) is 5.96. The summed E-state index contributed by atoms with van der Waals surface area (Å²) in [5.41, 5.74) is 5.21. The van der Waals surface area contributed by atoms with Crippen LogP contribution in [0.15, 0.2) is 0 Å². The van der Waals surface area contributed by atoms with E-state index in [-0.39, 0.29) is 29.6 Å². The summed E-state index contributed by atoms with van der Waals surface area (Å²) in [5.74, 6) is -0.185. The summed E-state index contributed by atoms with van der Waals surface area (Å²) in [4.78, 5) is 41.9. The second kappa shape index (κ2) is 9.93. The molecule has 1 heterocycles. The third-order valence-electron chi connectivity index (χ3n) is 7.68. The van der Waals surface area contributed by atoms with Gasteiger partial charge in [0.1, 0.15) is 17.7 Å². The van der Waals surface area contributed by atoms with Gasteiger partial charge in [0, 0.05) is 6.54 Å². The smallest absolute Gasteiger partial charge is 0.329 e. The van der Waals surface area contributed by atoms with Gasteiger partial charge in [-0.05, 0) is 69.6 Å². The molecule has 3 fully saturated rings. The van der Waals surface area contributed by atoms with Crippen LogP contribution in [0.4, 0.5) is 0 Å². The number of ether oxygens (including phenoxy) is 1. The standard InChI is InChI=1S/C26H45N3O4/c1-25(2,3)21(28-22(30)19(27)16-11-8-7-9-12-16)23(31)29-15-17-13-10-14-18(17)20(29)24(32)33-26(4,5)6/h16-21H,7-15,27H2,1-6H3,(H,28,30)/t17-,18+,19-,20-,21-/m1/s1. The van der Waals surface area contributed by atoms with Crippen molar-refractivity contribution in [3.05, 3.63) is 0 Å². The number of likely N-dealkylation sites (tertiary alicyclic amines) is 1. The Balaban J connectivity index is 1.79. The van der Waals surface area contributed by atoms with E-state index in [0.717, 1.165) is 44.9 Å². The summed E-state index contributed by atoms with van der Waals surface area (Å²) in [6.45, 7) is 11.9. The second-order valence-corrected chi connectivity index (χ2v) is 12.6.